The number of nitrogens with one attached hydrogen (secondary N) is 2. The van der Waals surface area contributed by atoms with Crippen molar-refractivity contribution in [2.24, 2.45) is 0 Å². The molecule has 0 aliphatic heterocycles. The number of anilines is 1. The number of rotatable bonds is 6. The Bertz CT molecular complexity index is 853. The molecule has 2 N–H and O–H groups in total. The summed E-state index contributed by atoms with van der Waals surface area (Å²) in [5.41, 5.74) is 1.88. The van der Waals surface area contributed by atoms with Gasteiger partial charge in [0, 0.05) is 16.3 Å². The predicted molar refractivity (Wildman–Crippen MR) is 104 cm³/mol. The van der Waals surface area contributed by atoms with E-state index in [1.807, 2.05) is 13.0 Å². The lowest BCUT2D eigenvalue weighted by Gasteiger charge is -2.17. The van der Waals surface area contributed by atoms with Crippen LogP contribution in [0, 0.1) is 6.92 Å². The zero-order chi connectivity index (χ0) is 20.0. The zero-order valence-electron chi connectivity index (χ0n) is 15.3. The van der Waals surface area contributed by atoms with Gasteiger partial charge < -0.3 is 15.4 Å². The lowest BCUT2D eigenvalue weighted by molar-refractivity contribution is -0.154. The Balaban J connectivity index is 1.89. The molecule has 0 heterocycles. The van der Waals surface area contributed by atoms with Crippen LogP contribution >= 0.6 is 11.6 Å². The fraction of sp³-hybridized carbons (Fsp3) is 0.250. The molecule has 0 fully saturated rings. The first kappa shape index (κ1) is 20.5. The maximum absolute atomic E-state index is 12.2. The first-order chi connectivity index (χ1) is 12.8. The number of hydrogen-bond acceptors (Lipinski definition) is 4. The van der Waals surface area contributed by atoms with Gasteiger partial charge in [-0.1, -0.05) is 35.4 Å². The van der Waals surface area contributed by atoms with E-state index in [4.69, 9.17) is 16.3 Å². The van der Waals surface area contributed by atoms with E-state index < -0.39 is 24.0 Å². The second-order valence-electron chi connectivity index (χ2n) is 6.14. The molecule has 6 nitrogen and oxygen atoms in total. The van der Waals surface area contributed by atoms with Crippen LogP contribution in [0.5, 0.6) is 0 Å². The fourth-order valence-corrected chi connectivity index (χ4v) is 2.46. The van der Waals surface area contributed by atoms with Gasteiger partial charge in [-0.3, -0.25) is 9.59 Å². The molecule has 0 spiro atoms. The van der Waals surface area contributed by atoms with E-state index in [0.29, 0.717) is 16.3 Å². The van der Waals surface area contributed by atoms with Gasteiger partial charge in [-0.05, 0) is 51.1 Å². The van der Waals surface area contributed by atoms with Crippen LogP contribution in [0.15, 0.2) is 48.5 Å². The van der Waals surface area contributed by atoms with Crippen LogP contribution in [-0.4, -0.2) is 29.9 Å². The summed E-state index contributed by atoms with van der Waals surface area (Å²) in [6.45, 7) is 4.82. The average molecular weight is 389 g/mol. The maximum atomic E-state index is 12.2. The van der Waals surface area contributed by atoms with Gasteiger partial charge >= 0.3 is 5.97 Å². The lowest BCUT2D eigenvalue weighted by atomic mass is 10.1. The Morgan fingerprint density at radius 1 is 1.04 bits per heavy atom. The summed E-state index contributed by atoms with van der Waals surface area (Å²) >= 11 is 5.87. The minimum atomic E-state index is -1.03. The quantitative estimate of drug-likeness (QED) is 0.743. The Kier molecular flexibility index (Phi) is 6.96. The Hall–Kier alpha value is -2.86. The van der Waals surface area contributed by atoms with Gasteiger partial charge in [0.05, 0.1) is 0 Å². The largest absolute Gasteiger partial charge is 0.451 e. The molecule has 2 atom stereocenters. The molecule has 0 radical (unpaired) electrons. The van der Waals surface area contributed by atoms with E-state index in [-0.39, 0.29) is 5.91 Å². The molecule has 2 aromatic rings. The van der Waals surface area contributed by atoms with Crippen LogP contribution in [0.25, 0.3) is 0 Å². The molecule has 0 unspecified atom stereocenters. The predicted octanol–water partition coefficient (Wildman–Crippen LogP) is 3.34. The summed E-state index contributed by atoms with van der Waals surface area (Å²) in [4.78, 5) is 36.5. The highest BCUT2D eigenvalue weighted by atomic mass is 35.5. The van der Waals surface area contributed by atoms with Crippen molar-refractivity contribution in [2.75, 3.05) is 5.32 Å². The molecule has 2 aromatic carbocycles. The summed E-state index contributed by atoms with van der Waals surface area (Å²) < 4.78 is 5.14. The number of benzene rings is 2. The van der Waals surface area contributed by atoms with E-state index in [2.05, 4.69) is 10.6 Å². The van der Waals surface area contributed by atoms with E-state index in [1.165, 1.54) is 13.8 Å². The van der Waals surface area contributed by atoms with Crippen molar-refractivity contribution in [1.29, 1.82) is 0 Å². The normalized spacial score (nSPS) is 12.6. The first-order valence-corrected chi connectivity index (χ1v) is 8.78. The molecule has 0 saturated carbocycles. The molecule has 0 bridgehead atoms. The van der Waals surface area contributed by atoms with E-state index in [9.17, 15) is 14.4 Å². The number of carbonyl (C=O) groups is 3. The summed E-state index contributed by atoms with van der Waals surface area (Å²) in [6.07, 6.45) is -1.03. The van der Waals surface area contributed by atoms with Gasteiger partial charge in [0.1, 0.15) is 6.04 Å². The number of carbonyl (C=O) groups excluding carboxylic acids is 3. The van der Waals surface area contributed by atoms with Crippen LogP contribution in [0.4, 0.5) is 5.69 Å². The van der Waals surface area contributed by atoms with E-state index >= 15 is 0 Å². The van der Waals surface area contributed by atoms with E-state index in [1.54, 1.807) is 42.5 Å². The first-order valence-electron chi connectivity index (χ1n) is 8.40. The standard InChI is InChI=1S/C20H21ClN2O4/c1-12-6-4-7-15(10-12)19(25)22-13(2)20(26)27-14(3)18(24)23-17-9-5-8-16(21)11-17/h4-11,13-14H,1-3H3,(H,22,25)(H,23,24)/t13-,14+/m0/s1. The van der Waals surface area contributed by atoms with Crippen molar-refractivity contribution in [3.8, 4) is 0 Å². The van der Waals surface area contributed by atoms with Crippen molar-refractivity contribution in [3.63, 3.8) is 0 Å². The average Bonchev–Trinajstić information content (AvgIpc) is 2.61. The van der Waals surface area contributed by atoms with Gasteiger partial charge in [0.2, 0.25) is 0 Å². The number of halogens is 1. The molecule has 0 aliphatic rings. The molecule has 2 rings (SSSR count). The Labute approximate surface area is 162 Å². The molecule has 0 aliphatic carbocycles. The van der Waals surface area contributed by atoms with Gasteiger partial charge in [-0.2, -0.15) is 0 Å². The van der Waals surface area contributed by atoms with Crippen LogP contribution in [0.2, 0.25) is 5.02 Å². The summed E-state index contributed by atoms with van der Waals surface area (Å²) in [5, 5.41) is 5.65. The summed E-state index contributed by atoms with van der Waals surface area (Å²) in [5.74, 6) is -1.59. The highest BCUT2D eigenvalue weighted by molar-refractivity contribution is 6.30. The van der Waals surface area contributed by atoms with Crippen molar-refractivity contribution in [3.05, 3.63) is 64.7 Å². The van der Waals surface area contributed by atoms with Gasteiger partial charge in [0.15, 0.2) is 6.10 Å². The van der Waals surface area contributed by atoms with Gasteiger partial charge in [0.25, 0.3) is 11.8 Å². The maximum Gasteiger partial charge on any atom is 0.329 e. The molecule has 0 aromatic heterocycles. The monoisotopic (exact) mass is 388 g/mol. The third-order valence-electron chi connectivity index (χ3n) is 3.74. The smallest absolute Gasteiger partial charge is 0.329 e. The van der Waals surface area contributed by atoms with Gasteiger partial charge in [-0.25, -0.2) is 4.79 Å². The molecular formula is C20H21ClN2O4. The molecule has 2 amide bonds. The van der Waals surface area contributed by atoms with Crippen molar-refractivity contribution in [2.45, 2.75) is 32.9 Å². The second-order valence-corrected chi connectivity index (χ2v) is 6.58. The van der Waals surface area contributed by atoms with Crippen LogP contribution < -0.4 is 10.6 Å². The lowest BCUT2D eigenvalue weighted by Crippen LogP contribution is -2.42. The summed E-state index contributed by atoms with van der Waals surface area (Å²) in [6, 6.07) is 12.7. The SMILES string of the molecule is Cc1cccc(C(=O)N[C@@H](C)C(=O)O[C@H](C)C(=O)Nc2cccc(Cl)c2)c1. The minimum absolute atomic E-state index is 0.390. The Morgan fingerprint density at radius 2 is 1.74 bits per heavy atom. The minimum Gasteiger partial charge on any atom is -0.451 e. The number of aryl methyl sites for hydroxylation is 1. The summed E-state index contributed by atoms with van der Waals surface area (Å²) in [7, 11) is 0. The van der Waals surface area contributed by atoms with Crippen LogP contribution in [0.1, 0.15) is 29.8 Å². The van der Waals surface area contributed by atoms with Crippen LogP contribution in [0.3, 0.4) is 0 Å². The highest BCUT2D eigenvalue weighted by Crippen LogP contribution is 2.15. The second kappa shape index (κ2) is 9.19. The van der Waals surface area contributed by atoms with Gasteiger partial charge in [-0.15, -0.1) is 0 Å². The molecular weight excluding hydrogens is 368 g/mol. The van der Waals surface area contributed by atoms with E-state index in [0.717, 1.165) is 5.56 Å². The fourth-order valence-electron chi connectivity index (χ4n) is 2.27. The number of ether oxygens (including phenoxy) is 1. The number of hydrogen-bond donors (Lipinski definition) is 2. The van der Waals surface area contributed by atoms with Crippen molar-refractivity contribution < 1.29 is 19.1 Å². The third-order valence-corrected chi connectivity index (χ3v) is 3.97. The van der Waals surface area contributed by atoms with Crippen molar-refractivity contribution in [1.82, 2.24) is 5.32 Å². The number of esters is 1. The molecule has 142 valence electrons. The molecule has 7 heteroatoms. The molecule has 0 saturated heterocycles. The highest BCUT2D eigenvalue weighted by Gasteiger charge is 2.23. The Morgan fingerprint density at radius 3 is 2.41 bits per heavy atom. The molecule has 27 heavy (non-hydrogen) atoms. The van der Waals surface area contributed by atoms with Crippen LogP contribution in [-0.2, 0) is 14.3 Å². The topological polar surface area (TPSA) is 84.5 Å². The third kappa shape index (κ3) is 6.11. The zero-order valence-corrected chi connectivity index (χ0v) is 16.0. The van der Waals surface area contributed by atoms with Crippen molar-refractivity contribution >= 4 is 35.1 Å². The number of amides is 2.